The van der Waals surface area contributed by atoms with Crippen molar-refractivity contribution in [3.63, 3.8) is 0 Å². The number of benzene rings is 3. The Balaban J connectivity index is 1.45. The molecule has 1 heterocycles. The number of carbonyl (C=O) groups excluding carboxylic acids is 1. The van der Waals surface area contributed by atoms with Gasteiger partial charge in [0.15, 0.2) is 0 Å². The molecule has 0 N–H and O–H groups in total. The predicted molar refractivity (Wildman–Crippen MR) is 126 cm³/mol. The van der Waals surface area contributed by atoms with E-state index in [1.165, 1.54) is 16.3 Å². The molecule has 0 saturated heterocycles. The van der Waals surface area contributed by atoms with Crippen LogP contribution in [0.2, 0.25) is 0 Å². The highest BCUT2D eigenvalue weighted by molar-refractivity contribution is 5.83. The van der Waals surface area contributed by atoms with Gasteiger partial charge in [-0.05, 0) is 52.9 Å². The van der Waals surface area contributed by atoms with Crippen LogP contribution in [0.25, 0.3) is 10.8 Å². The fourth-order valence-electron chi connectivity index (χ4n) is 3.76. The number of hydrogen-bond donors (Lipinski definition) is 0. The molecule has 0 spiro atoms. The zero-order valence-electron chi connectivity index (χ0n) is 18.4. The molecule has 5 nitrogen and oxygen atoms in total. The lowest BCUT2D eigenvalue weighted by Gasteiger charge is -2.14. The van der Waals surface area contributed by atoms with Crippen molar-refractivity contribution in [3.05, 3.63) is 95.8 Å². The molecule has 164 valence electrons. The van der Waals surface area contributed by atoms with Crippen LogP contribution in [0.4, 0.5) is 0 Å². The molecule has 0 saturated carbocycles. The average molecular weight is 429 g/mol. The zero-order valence-corrected chi connectivity index (χ0v) is 18.4. The topological polar surface area (TPSA) is 53.4 Å². The number of carbonyl (C=O) groups is 1. The van der Waals surface area contributed by atoms with Crippen molar-refractivity contribution in [3.8, 4) is 5.75 Å². The SMILES string of the molecule is CCOC(=O)CCc1ccc(Cn2cccn2)cc1OCCc1ccc2ccccc2c1. The van der Waals surface area contributed by atoms with Crippen LogP contribution in [-0.2, 0) is 28.9 Å². The van der Waals surface area contributed by atoms with Gasteiger partial charge in [0.2, 0.25) is 0 Å². The van der Waals surface area contributed by atoms with Crippen molar-refractivity contribution in [1.29, 1.82) is 0 Å². The Morgan fingerprint density at radius 2 is 1.78 bits per heavy atom. The normalized spacial score (nSPS) is 10.9. The molecule has 4 rings (SSSR count). The molecule has 1 aromatic heterocycles. The van der Waals surface area contributed by atoms with E-state index in [-0.39, 0.29) is 5.97 Å². The number of ether oxygens (including phenoxy) is 2. The second-order valence-electron chi connectivity index (χ2n) is 7.73. The maximum atomic E-state index is 11.8. The van der Waals surface area contributed by atoms with Crippen LogP contribution in [0.3, 0.4) is 0 Å². The maximum Gasteiger partial charge on any atom is 0.306 e. The first-order valence-corrected chi connectivity index (χ1v) is 11.1. The first kappa shape index (κ1) is 21.6. The summed E-state index contributed by atoms with van der Waals surface area (Å²) >= 11 is 0. The van der Waals surface area contributed by atoms with E-state index in [0.29, 0.717) is 32.6 Å². The van der Waals surface area contributed by atoms with E-state index >= 15 is 0 Å². The Hall–Kier alpha value is -3.60. The molecule has 32 heavy (non-hydrogen) atoms. The van der Waals surface area contributed by atoms with E-state index < -0.39 is 0 Å². The van der Waals surface area contributed by atoms with Gasteiger partial charge in [-0.3, -0.25) is 9.48 Å². The van der Waals surface area contributed by atoms with Gasteiger partial charge in [-0.15, -0.1) is 0 Å². The van der Waals surface area contributed by atoms with Gasteiger partial charge >= 0.3 is 5.97 Å². The molecule has 0 bridgehead atoms. The number of aryl methyl sites for hydroxylation is 1. The standard InChI is InChI=1S/C27H28N2O3/c1-2-31-27(30)13-12-24-11-9-22(20-29-16-5-15-28-29)19-26(24)32-17-14-21-8-10-23-6-3-4-7-25(23)18-21/h3-11,15-16,18-19H,2,12-14,17,20H2,1H3. The van der Waals surface area contributed by atoms with Gasteiger partial charge in [0.1, 0.15) is 5.75 Å². The minimum Gasteiger partial charge on any atom is -0.493 e. The number of rotatable bonds is 10. The van der Waals surface area contributed by atoms with Crippen molar-refractivity contribution >= 4 is 16.7 Å². The summed E-state index contributed by atoms with van der Waals surface area (Å²) in [5.74, 6) is 0.634. The summed E-state index contributed by atoms with van der Waals surface area (Å²) in [6.07, 6.45) is 5.45. The summed E-state index contributed by atoms with van der Waals surface area (Å²) in [6, 6.07) is 23.0. The van der Waals surface area contributed by atoms with Crippen LogP contribution in [0.5, 0.6) is 5.75 Å². The van der Waals surface area contributed by atoms with Gasteiger partial charge in [0.25, 0.3) is 0 Å². The van der Waals surface area contributed by atoms with Crippen LogP contribution in [0, 0.1) is 0 Å². The highest BCUT2D eigenvalue weighted by atomic mass is 16.5. The second-order valence-corrected chi connectivity index (χ2v) is 7.73. The lowest BCUT2D eigenvalue weighted by Crippen LogP contribution is -2.08. The van der Waals surface area contributed by atoms with Crippen molar-refractivity contribution < 1.29 is 14.3 Å². The predicted octanol–water partition coefficient (Wildman–Crippen LogP) is 5.20. The molecule has 0 aliphatic carbocycles. The number of aromatic nitrogens is 2. The Kier molecular flexibility index (Phi) is 7.18. The Morgan fingerprint density at radius 3 is 2.59 bits per heavy atom. The lowest BCUT2D eigenvalue weighted by atomic mass is 10.0. The molecule has 0 fully saturated rings. The van der Waals surface area contributed by atoms with Crippen LogP contribution < -0.4 is 4.74 Å². The van der Waals surface area contributed by atoms with Crippen LogP contribution in [0.15, 0.2) is 79.1 Å². The number of esters is 1. The largest absolute Gasteiger partial charge is 0.493 e. The minimum atomic E-state index is -0.185. The third-order valence-corrected chi connectivity index (χ3v) is 5.40. The first-order chi connectivity index (χ1) is 15.7. The van der Waals surface area contributed by atoms with Gasteiger partial charge in [0, 0.05) is 25.2 Å². The molecule has 0 aliphatic rings. The van der Waals surface area contributed by atoms with E-state index in [1.807, 2.05) is 29.9 Å². The molecule has 4 aromatic rings. The van der Waals surface area contributed by atoms with Gasteiger partial charge < -0.3 is 9.47 Å². The number of hydrogen-bond acceptors (Lipinski definition) is 4. The number of fused-ring (bicyclic) bond motifs is 1. The van der Waals surface area contributed by atoms with Crippen LogP contribution >= 0.6 is 0 Å². The molecular formula is C27H28N2O3. The Morgan fingerprint density at radius 1 is 0.938 bits per heavy atom. The Labute approximate surface area is 188 Å². The van der Waals surface area contributed by atoms with Crippen molar-refractivity contribution in [2.75, 3.05) is 13.2 Å². The second kappa shape index (κ2) is 10.6. The monoisotopic (exact) mass is 428 g/mol. The molecule has 0 radical (unpaired) electrons. The molecule has 0 atom stereocenters. The summed E-state index contributed by atoms with van der Waals surface area (Å²) < 4.78 is 13.2. The first-order valence-electron chi connectivity index (χ1n) is 11.1. The quantitative estimate of drug-likeness (QED) is 0.326. The van der Waals surface area contributed by atoms with E-state index in [9.17, 15) is 4.79 Å². The van der Waals surface area contributed by atoms with Crippen molar-refractivity contribution in [1.82, 2.24) is 9.78 Å². The smallest absolute Gasteiger partial charge is 0.306 e. The summed E-state index contributed by atoms with van der Waals surface area (Å²) in [5, 5.41) is 6.76. The average Bonchev–Trinajstić information content (AvgIpc) is 3.32. The highest BCUT2D eigenvalue weighted by Crippen LogP contribution is 2.24. The van der Waals surface area contributed by atoms with Crippen LogP contribution in [0.1, 0.15) is 30.0 Å². The van der Waals surface area contributed by atoms with E-state index in [1.54, 1.807) is 6.20 Å². The van der Waals surface area contributed by atoms with E-state index in [2.05, 4.69) is 59.7 Å². The molecule has 5 heteroatoms. The third-order valence-electron chi connectivity index (χ3n) is 5.40. The van der Waals surface area contributed by atoms with Gasteiger partial charge in [0.05, 0.1) is 19.8 Å². The molecular weight excluding hydrogens is 400 g/mol. The van der Waals surface area contributed by atoms with Gasteiger partial charge in [-0.25, -0.2) is 0 Å². The summed E-state index contributed by atoms with van der Waals surface area (Å²) in [7, 11) is 0. The zero-order chi connectivity index (χ0) is 22.2. The number of nitrogens with zero attached hydrogens (tertiary/aromatic N) is 2. The fourth-order valence-corrected chi connectivity index (χ4v) is 3.76. The fraction of sp³-hybridized carbons (Fsp3) is 0.259. The van der Waals surface area contributed by atoms with Gasteiger partial charge in [-0.2, -0.15) is 5.10 Å². The molecule has 3 aromatic carbocycles. The van der Waals surface area contributed by atoms with Crippen molar-refractivity contribution in [2.45, 2.75) is 32.7 Å². The maximum absolute atomic E-state index is 11.8. The molecule has 0 aliphatic heterocycles. The van der Waals surface area contributed by atoms with Gasteiger partial charge in [-0.1, -0.05) is 54.6 Å². The third kappa shape index (κ3) is 5.76. The molecule has 0 unspecified atom stereocenters. The van der Waals surface area contributed by atoms with Crippen LogP contribution in [-0.4, -0.2) is 29.0 Å². The van der Waals surface area contributed by atoms with E-state index in [4.69, 9.17) is 9.47 Å². The highest BCUT2D eigenvalue weighted by Gasteiger charge is 2.10. The summed E-state index contributed by atoms with van der Waals surface area (Å²) in [5.41, 5.74) is 3.36. The summed E-state index contributed by atoms with van der Waals surface area (Å²) in [4.78, 5) is 11.8. The van der Waals surface area contributed by atoms with Crippen molar-refractivity contribution in [2.24, 2.45) is 0 Å². The Bertz CT molecular complexity index is 1170. The lowest BCUT2D eigenvalue weighted by molar-refractivity contribution is -0.143. The minimum absolute atomic E-state index is 0.185. The summed E-state index contributed by atoms with van der Waals surface area (Å²) in [6.45, 7) is 3.46. The van der Waals surface area contributed by atoms with E-state index in [0.717, 1.165) is 23.3 Å². The molecule has 0 amide bonds.